The Hall–Kier alpha value is -0.330. The molecular formula is C13H20Cl2N2O2S. The molecule has 0 radical (unpaired) electrons. The van der Waals surface area contributed by atoms with Crippen LogP contribution in [-0.4, -0.2) is 21.0 Å². The zero-order valence-electron chi connectivity index (χ0n) is 11.8. The van der Waals surface area contributed by atoms with Crippen LogP contribution in [0.25, 0.3) is 0 Å². The first-order valence-corrected chi connectivity index (χ1v) is 8.72. The fraction of sp³-hybridized carbons (Fsp3) is 0.538. The van der Waals surface area contributed by atoms with Crippen LogP contribution in [0, 0.1) is 0 Å². The summed E-state index contributed by atoms with van der Waals surface area (Å²) in [5.74, 6) is 0. The molecule has 0 aliphatic rings. The predicted molar refractivity (Wildman–Crippen MR) is 83.9 cm³/mol. The average Bonchev–Trinajstić information content (AvgIpc) is 2.30. The van der Waals surface area contributed by atoms with E-state index in [9.17, 15) is 8.42 Å². The largest absolute Gasteiger partial charge is 0.313 e. The van der Waals surface area contributed by atoms with Crippen LogP contribution < -0.4 is 10.0 Å². The van der Waals surface area contributed by atoms with Crippen molar-refractivity contribution in [3.8, 4) is 0 Å². The van der Waals surface area contributed by atoms with Gasteiger partial charge >= 0.3 is 0 Å². The molecule has 1 rings (SSSR count). The second-order valence-electron chi connectivity index (χ2n) is 4.83. The topological polar surface area (TPSA) is 58.2 Å². The van der Waals surface area contributed by atoms with Crippen LogP contribution in [0.4, 0.5) is 0 Å². The lowest BCUT2D eigenvalue weighted by atomic mass is 10.2. The Labute approximate surface area is 130 Å². The van der Waals surface area contributed by atoms with Crippen molar-refractivity contribution >= 4 is 33.2 Å². The minimum atomic E-state index is -3.63. The summed E-state index contributed by atoms with van der Waals surface area (Å²) in [6, 6.07) is 2.80. The number of rotatable bonds is 7. The van der Waals surface area contributed by atoms with Gasteiger partial charge in [-0.3, -0.25) is 0 Å². The maximum Gasteiger partial charge on any atom is 0.242 e. The molecule has 0 bridgehead atoms. The highest BCUT2D eigenvalue weighted by molar-refractivity contribution is 7.89. The Balaban J connectivity index is 3.11. The van der Waals surface area contributed by atoms with Gasteiger partial charge in [0, 0.05) is 17.6 Å². The van der Waals surface area contributed by atoms with Gasteiger partial charge in [0.05, 0.1) is 5.02 Å². The summed E-state index contributed by atoms with van der Waals surface area (Å²) in [5.41, 5.74) is 0.716. The van der Waals surface area contributed by atoms with Crippen molar-refractivity contribution in [1.82, 2.24) is 10.0 Å². The molecule has 1 aromatic carbocycles. The fourth-order valence-electron chi connectivity index (χ4n) is 1.69. The van der Waals surface area contributed by atoms with Gasteiger partial charge in [-0.05, 0) is 44.5 Å². The maximum absolute atomic E-state index is 12.2. The molecule has 0 saturated carbocycles. The standard InChI is InChI=1S/C13H20Cl2N2O2S/c1-4-5-16-8-10-6-13(12(15)7-11(10)14)20(18,19)17-9(2)3/h6-7,9,16-17H,4-5,8H2,1-3H3. The van der Waals surface area contributed by atoms with Crippen LogP contribution in [0.15, 0.2) is 17.0 Å². The number of halogens is 2. The van der Waals surface area contributed by atoms with Gasteiger partial charge in [-0.1, -0.05) is 30.1 Å². The molecule has 0 amide bonds. The minimum Gasteiger partial charge on any atom is -0.313 e. The third kappa shape index (κ3) is 4.90. The Bertz CT molecular complexity index is 560. The maximum atomic E-state index is 12.2. The molecule has 0 fully saturated rings. The van der Waals surface area contributed by atoms with Crippen LogP contribution >= 0.6 is 23.2 Å². The zero-order chi connectivity index (χ0) is 15.3. The number of benzene rings is 1. The van der Waals surface area contributed by atoms with Crippen molar-refractivity contribution in [2.45, 2.75) is 44.7 Å². The van der Waals surface area contributed by atoms with Crippen molar-refractivity contribution < 1.29 is 8.42 Å². The van der Waals surface area contributed by atoms with Gasteiger partial charge in [-0.2, -0.15) is 0 Å². The normalized spacial score (nSPS) is 12.1. The molecule has 0 aromatic heterocycles. The summed E-state index contributed by atoms with van der Waals surface area (Å²) in [6.45, 7) is 6.91. The summed E-state index contributed by atoms with van der Waals surface area (Å²) < 4.78 is 26.9. The molecule has 4 nitrogen and oxygen atoms in total. The number of hydrogen-bond donors (Lipinski definition) is 2. The van der Waals surface area contributed by atoms with E-state index in [4.69, 9.17) is 23.2 Å². The summed E-state index contributed by atoms with van der Waals surface area (Å²) in [5, 5.41) is 3.78. The first kappa shape index (κ1) is 17.7. The molecule has 0 aliphatic carbocycles. The van der Waals surface area contributed by atoms with E-state index >= 15 is 0 Å². The number of sulfonamides is 1. The third-order valence-corrected chi connectivity index (χ3v) is 5.00. The summed E-state index contributed by atoms with van der Waals surface area (Å²) in [4.78, 5) is 0.0607. The van der Waals surface area contributed by atoms with Crippen molar-refractivity contribution in [2.75, 3.05) is 6.54 Å². The lowest BCUT2D eigenvalue weighted by molar-refractivity contribution is 0.569. The van der Waals surface area contributed by atoms with Crippen LogP contribution in [-0.2, 0) is 16.6 Å². The van der Waals surface area contributed by atoms with E-state index in [1.165, 1.54) is 12.1 Å². The molecule has 0 heterocycles. The van der Waals surface area contributed by atoms with E-state index < -0.39 is 10.0 Å². The van der Waals surface area contributed by atoms with E-state index in [-0.39, 0.29) is 16.0 Å². The molecular weight excluding hydrogens is 319 g/mol. The summed E-state index contributed by atoms with van der Waals surface area (Å²) in [7, 11) is -3.63. The van der Waals surface area contributed by atoms with Gasteiger partial charge in [0.1, 0.15) is 4.90 Å². The molecule has 0 spiro atoms. The average molecular weight is 339 g/mol. The first-order chi connectivity index (χ1) is 9.27. The van der Waals surface area contributed by atoms with Crippen molar-refractivity contribution in [3.63, 3.8) is 0 Å². The monoisotopic (exact) mass is 338 g/mol. The van der Waals surface area contributed by atoms with E-state index in [0.717, 1.165) is 13.0 Å². The smallest absolute Gasteiger partial charge is 0.242 e. The second kappa shape index (κ2) is 7.61. The Morgan fingerprint density at radius 1 is 1.20 bits per heavy atom. The molecule has 2 N–H and O–H groups in total. The minimum absolute atomic E-state index is 0.0607. The molecule has 0 unspecified atom stereocenters. The van der Waals surface area contributed by atoms with Crippen LogP contribution in [0.3, 0.4) is 0 Å². The van der Waals surface area contributed by atoms with Crippen LogP contribution in [0.5, 0.6) is 0 Å². The van der Waals surface area contributed by atoms with Gasteiger partial charge in [0.25, 0.3) is 0 Å². The van der Waals surface area contributed by atoms with E-state index in [1.54, 1.807) is 13.8 Å². The highest BCUT2D eigenvalue weighted by Gasteiger charge is 2.20. The molecule has 1 aromatic rings. The molecule has 0 saturated heterocycles. The fourth-order valence-corrected chi connectivity index (χ4v) is 3.80. The SMILES string of the molecule is CCCNCc1cc(S(=O)(=O)NC(C)C)c(Cl)cc1Cl. The number of hydrogen-bond acceptors (Lipinski definition) is 3. The zero-order valence-corrected chi connectivity index (χ0v) is 14.2. The van der Waals surface area contributed by atoms with Gasteiger partial charge in [-0.25, -0.2) is 13.1 Å². The second-order valence-corrected chi connectivity index (χ2v) is 7.32. The summed E-state index contributed by atoms with van der Waals surface area (Å²) in [6.07, 6.45) is 0.991. The van der Waals surface area contributed by atoms with Gasteiger partial charge < -0.3 is 5.32 Å². The van der Waals surface area contributed by atoms with Crippen LogP contribution in [0.2, 0.25) is 10.0 Å². The van der Waals surface area contributed by atoms with E-state index in [0.29, 0.717) is 17.1 Å². The predicted octanol–water partition coefficient (Wildman–Crippen LogP) is 3.18. The van der Waals surface area contributed by atoms with Crippen molar-refractivity contribution in [1.29, 1.82) is 0 Å². The molecule has 7 heteroatoms. The highest BCUT2D eigenvalue weighted by Crippen LogP contribution is 2.28. The molecule has 20 heavy (non-hydrogen) atoms. The third-order valence-electron chi connectivity index (χ3n) is 2.52. The van der Waals surface area contributed by atoms with Gasteiger partial charge in [0.15, 0.2) is 0 Å². The van der Waals surface area contributed by atoms with Gasteiger partial charge in [0.2, 0.25) is 10.0 Å². The number of nitrogens with one attached hydrogen (secondary N) is 2. The van der Waals surface area contributed by atoms with Gasteiger partial charge in [-0.15, -0.1) is 0 Å². The van der Waals surface area contributed by atoms with Crippen LogP contribution in [0.1, 0.15) is 32.8 Å². The lowest BCUT2D eigenvalue weighted by Gasteiger charge is -2.13. The van der Waals surface area contributed by atoms with E-state index in [2.05, 4.69) is 17.0 Å². The molecule has 114 valence electrons. The Morgan fingerprint density at radius 3 is 2.40 bits per heavy atom. The quantitative estimate of drug-likeness (QED) is 0.750. The lowest BCUT2D eigenvalue weighted by Crippen LogP contribution is -2.30. The highest BCUT2D eigenvalue weighted by atomic mass is 35.5. The Morgan fingerprint density at radius 2 is 1.85 bits per heavy atom. The van der Waals surface area contributed by atoms with E-state index in [1.807, 2.05) is 0 Å². The molecule has 0 atom stereocenters. The first-order valence-electron chi connectivity index (χ1n) is 6.49. The molecule has 0 aliphatic heterocycles. The summed E-state index contributed by atoms with van der Waals surface area (Å²) >= 11 is 12.1. The Kier molecular flexibility index (Phi) is 6.75. The van der Waals surface area contributed by atoms with Crippen molar-refractivity contribution in [2.24, 2.45) is 0 Å². The van der Waals surface area contributed by atoms with Crippen molar-refractivity contribution in [3.05, 3.63) is 27.7 Å².